The fourth-order valence-electron chi connectivity index (χ4n) is 1.49. The van der Waals surface area contributed by atoms with Crippen molar-refractivity contribution in [2.24, 2.45) is 0 Å². The Bertz CT molecular complexity index is 458. The van der Waals surface area contributed by atoms with Gasteiger partial charge in [-0.3, -0.25) is 0 Å². The first kappa shape index (κ1) is 16.6. The van der Waals surface area contributed by atoms with Gasteiger partial charge in [-0.1, -0.05) is 11.6 Å². The summed E-state index contributed by atoms with van der Waals surface area (Å²) < 4.78 is 5.10. The molecule has 1 aromatic carbocycles. The van der Waals surface area contributed by atoms with Crippen molar-refractivity contribution in [1.82, 2.24) is 10.6 Å². The topological polar surface area (TPSA) is 70.6 Å². The third-order valence-corrected chi connectivity index (χ3v) is 2.56. The number of carbonyl (C=O) groups is 1. The molecule has 0 radical (unpaired) electrons. The fraction of sp³-hybridized carbons (Fsp3) is 0.500. The number of aromatic hydroxyl groups is 1. The van der Waals surface area contributed by atoms with Gasteiger partial charge in [0.05, 0.1) is 0 Å². The molecule has 0 saturated heterocycles. The number of ether oxygens (including phenoxy) is 1. The second kappa shape index (κ2) is 7.36. The molecule has 0 aliphatic heterocycles. The minimum Gasteiger partial charge on any atom is -0.508 e. The number of nitrogens with one attached hydrogen (secondary N) is 2. The van der Waals surface area contributed by atoms with E-state index in [1.54, 1.807) is 18.2 Å². The van der Waals surface area contributed by atoms with Crippen molar-refractivity contribution >= 4 is 17.7 Å². The van der Waals surface area contributed by atoms with Crippen molar-refractivity contribution in [3.63, 3.8) is 0 Å². The molecule has 112 valence electrons. The SMILES string of the molecule is CC(C)(C)OC(=O)NCCNCc1cc(Cl)ccc1O. The summed E-state index contributed by atoms with van der Waals surface area (Å²) in [5.41, 5.74) is 0.221. The van der Waals surface area contributed by atoms with Gasteiger partial charge in [-0.2, -0.15) is 0 Å². The normalized spacial score (nSPS) is 11.2. The van der Waals surface area contributed by atoms with Crippen molar-refractivity contribution in [3.05, 3.63) is 28.8 Å². The van der Waals surface area contributed by atoms with E-state index in [1.807, 2.05) is 20.8 Å². The van der Waals surface area contributed by atoms with Gasteiger partial charge in [0, 0.05) is 30.2 Å². The molecule has 1 rings (SSSR count). The lowest BCUT2D eigenvalue weighted by Gasteiger charge is -2.19. The van der Waals surface area contributed by atoms with E-state index in [-0.39, 0.29) is 5.75 Å². The molecule has 0 saturated carbocycles. The zero-order chi connectivity index (χ0) is 15.2. The first-order chi connectivity index (χ1) is 9.28. The van der Waals surface area contributed by atoms with Crippen LogP contribution >= 0.6 is 11.6 Å². The number of hydrogen-bond donors (Lipinski definition) is 3. The van der Waals surface area contributed by atoms with Crippen molar-refractivity contribution < 1.29 is 14.6 Å². The van der Waals surface area contributed by atoms with E-state index >= 15 is 0 Å². The van der Waals surface area contributed by atoms with E-state index in [9.17, 15) is 9.90 Å². The number of rotatable bonds is 5. The van der Waals surface area contributed by atoms with Crippen LogP contribution in [0.3, 0.4) is 0 Å². The van der Waals surface area contributed by atoms with Crippen molar-refractivity contribution in [2.45, 2.75) is 32.9 Å². The highest BCUT2D eigenvalue weighted by Crippen LogP contribution is 2.20. The number of phenols is 1. The predicted octanol–water partition coefficient (Wildman–Crippen LogP) is 2.66. The molecule has 0 aromatic heterocycles. The highest BCUT2D eigenvalue weighted by molar-refractivity contribution is 6.30. The lowest BCUT2D eigenvalue weighted by Crippen LogP contribution is -2.36. The predicted molar refractivity (Wildman–Crippen MR) is 79.1 cm³/mol. The Morgan fingerprint density at radius 1 is 1.35 bits per heavy atom. The highest BCUT2D eigenvalue weighted by atomic mass is 35.5. The van der Waals surface area contributed by atoms with Gasteiger partial charge >= 0.3 is 6.09 Å². The van der Waals surface area contributed by atoms with Gasteiger partial charge < -0.3 is 20.5 Å². The number of halogens is 1. The monoisotopic (exact) mass is 300 g/mol. The summed E-state index contributed by atoms with van der Waals surface area (Å²) in [5, 5.41) is 15.9. The van der Waals surface area contributed by atoms with Crippen LogP contribution in [-0.2, 0) is 11.3 Å². The second-order valence-electron chi connectivity index (χ2n) is 5.38. The summed E-state index contributed by atoms with van der Waals surface area (Å²) in [5.74, 6) is 0.196. The van der Waals surface area contributed by atoms with Gasteiger partial charge in [-0.15, -0.1) is 0 Å². The van der Waals surface area contributed by atoms with E-state index in [1.165, 1.54) is 0 Å². The van der Waals surface area contributed by atoms with Gasteiger partial charge in [0.15, 0.2) is 0 Å². The Kier molecular flexibility index (Phi) is 6.10. The molecule has 0 atom stereocenters. The van der Waals surface area contributed by atoms with E-state index < -0.39 is 11.7 Å². The Labute approximate surface area is 124 Å². The zero-order valence-electron chi connectivity index (χ0n) is 12.0. The molecule has 0 aliphatic rings. The molecule has 0 heterocycles. The van der Waals surface area contributed by atoms with Crippen LogP contribution in [0.5, 0.6) is 5.75 Å². The summed E-state index contributed by atoms with van der Waals surface area (Å²) in [4.78, 5) is 11.4. The van der Waals surface area contributed by atoms with Gasteiger partial charge in [0.1, 0.15) is 11.4 Å². The average Bonchev–Trinajstić information content (AvgIpc) is 2.30. The van der Waals surface area contributed by atoms with Crippen LogP contribution in [0, 0.1) is 0 Å². The maximum atomic E-state index is 11.4. The van der Waals surface area contributed by atoms with Crippen molar-refractivity contribution in [1.29, 1.82) is 0 Å². The molecule has 0 spiro atoms. The standard InChI is InChI=1S/C14H21ClN2O3/c1-14(2,3)20-13(19)17-7-6-16-9-10-8-11(15)4-5-12(10)18/h4-5,8,16,18H,6-7,9H2,1-3H3,(H,17,19). The molecule has 3 N–H and O–H groups in total. The largest absolute Gasteiger partial charge is 0.508 e. The molecule has 5 nitrogen and oxygen atoms in total. The second-order valence-corrected chi connectivity index (χ2v) is 5.81. The Balaban J connectivity index is 2.22. The number of phenolic OH excluding ortho intramolecular Hbond substituents is 1. The third kappa shape index (κ3) is 6.63. The van der Waals surface area contributed by atoms with Crippen LogP contribution in [0.1, 0.15) is 26.3 Å². The molecule has 6 heteroatoms. The maximum Gasteiger partial charge on any atom is 0.407 e. The molecule has 0 unspecified atom stereocenters. The summed E-state index contributed by atoms with van der Waals surface area (Å²) in [6, 6.07) is 4.88. The van der Waals surface area contributed by atoms with Gasteiger partial charge in [-0.05, 0) is 39.0 Å². The van der Waals surface area contributed by atoms with Crippen LogP contribution in [0.2, 0.25) is 5.02 Å². The lowest BCUT2D eigenvalue weighted by atomic mass is 10.2. The summed E-state index contributed by atoms with van der Waals surface area (Å²) in [6.07, 6.45) is -0.440. The van der Waals surface area contributed by atoms with Crippen LogP contribution < -0.4 is 10.6 Å². The summed E-state index contributed by atoms with van der Waals surface area (Å²) in [6.45, 7) is 6.91. The van der Waals surface area contributed by atoms with Gasteiger partial charge in [-0.25, -0.2) is 4.79 Å². The summed E-state index contributed by atoms with van der Waals surface area (Å²) >= 11 is 5.85. The molecular weight excluding hydrogens is 280 g/mol. The number of hydrogen-bond acceptors (Lipinski definition) is 4. The molecular formula is C14H21ClN2O3. The maximum absolute atomic E-state index is 11.4. The number of alkyl carbamates (subject to hydrolysis) is 1. The number of benzene rings is 1. The molecule has 0 bridgehead atoms. The van der Waals surface area contributed by atoms with Crippen LogP contribution in [0.4, 0.5) is 4.79 Å². The number of carbonyl (C=O) groups excluding carboxylic acids is 1. The molecule has 1 amide bonds. The average molecular weight is 301 g/mol. The van der Waals surface area contributed by atoms with Crippen LogP contribution in [0.25, 0.3) is 0 Å². The van der Waals surface area contributed by atoms with Gasteiger partial charge in [0.25, 0.3) is 0 Å². The first-order valence-electron chi connectivity index (χ1n) is 6.43. The van der Waals surface area contributed by atoms with Crippen molar-refractivity contribution in [3.8, 4) is 5.75 Å². The Morgan fingerprint density at radius 2 is 2.05 bits per heavy atom. The van der Waals surface area contributed by atoms with E-state index in [0.717, 1.165) is 5.56 Å². The zero-order valence-corrected chi connectivity index (χ0v) is 12.8. The molecule has 0 fully saturated rings. The molecule has 1 aromatic rings. The minimum absolute atomic E-state index is 0.196. The first-order valence-corrected chi connectivity index (χ1v) is 6.81. The lowest BCUT2D eigenvalue weighted by molar-refractivity contribution is 0.0528. The quantitative estimate of drug-likeness (QED) is 0.731. The third-order valence-electron chi connectivity index (χ3n) is 2.33. The van der Waals surface area contributed by atoms with Crippen LogP contribution in [-0.4, -0.2) is 29.9 Å². The number of amides is 1. The molecule has 20 heavy (non-hydrogen) atoms. The summed E-state index contributed by atoms with van der Waals surface area (Å²) in [7, 11) is 0. The smallest absolute Gasteiger partial charge is 0.407 e. The van der Waals surface area contributed by atoms with E-state index in [2.05, 4.69) is 10.6 Å². The fourth-order valence-corrected chi connectivity index (χ4v) is 1.68. The van der Waals surface area contributed by atoms with Crippen molar-refractivity contribution in [2.75, 3.05) is 13.1 Å². The molecule has 0 aliphatic carbocycles. The van der Waals surface area contributed by atoms with Crippen LogP contribution in [0.15, 0.2) is 18.2 Å². The highest BCUT2D eigenvalue weighted by Gasteiger charge is 2.15. The minimum atomic E-state index is -0.496. The van der Waals surface area contributed by atoms with E-state index in [0.29, 0.717) is 24.7 Å². The Morgan fingerprint density at radius 3 is 2.70 bits per heavy atom. The Hall–Kier alpha value is -1.46. The van der Waals surface area contributed by atoms with E-state index in [4.69, 9.17) is 16.3 Å². The van der Waals surface area contributed by atoms with Gasteiger partial charge in [0.2, 0.25) is 0 Å².